The predicted molar refractivity (Wildman–Crippen MR) is 104 cm³/mol. The van der Waals surface area contributed by atoms with Crippen LogP contribution < -0.4 is 10.1 Å². The van der Waals surface area contributed by atoms with E-state index in [1.807, 2.05) is 43.3 Å². The third-order valence-corrected chi connectivity index (χ3v) is 4.31. The highest BCUT2D eigenvalue weighted by Gasteiger charge is 2.10. The Hall–Kier alpha value is -2.40. The lowest BCUT2D eigenvalue weighted by molar-refractivity contribution is 0.0950. The van der Waals surface area contributed by atoms with E-state index in [0.717, 1.165) is 18.7 Å². The van der Waals surface area contributed by atoms with Gasteiger partial charge in [0, 0.05) is 36.5 Å². The van der Waals surface area contributed by atoms with Gasteiger partial charge in [-0.2, -0.15) is 0 Å². The van der Waals surface area contributed by atoms with Crippen LogP contribution in [-0.4, -0.2) is 35.0 Å². The first kappa shape index (κ1) is 19.9. The van der Waals surface area contributed by atoms with Crippen molar-refractivity contribution in [3.63, 3.8) is 0 Å². The van der Waals surface area contributed by atoms with Gasteiger partial charge in [-0.05, 0) is 51.1 Å². The van der Waals surface area contributed by atoms with Crippen LogP contribution in [0.5, 0.6) is 5.88 Å². The van der Waals surface area contributed by atoms with Crippen molar-refractivity contribution in [1.29, 1.82) is 0 Å². The van der Waals surface area contributed by atoms with Crippen molar-refractivity contribution in [2.45, 2.75) is 46.8 Å². The second-order valence-corrected chi connectivity index (χ2v) is 6.44. The van der Waals surface area contributed by atoms with Gasteiger partial charge in [-0.1, -0.05) is 25.1 Å². The molecule has 0 unspecified atom stereocenters. The number of nitrogens with zero attached hydrogens (tertiary/aromatic N) is 2. The Bertz CT molecular complexity index is 699. The molecule has 0 atom stereocenters. The topological polar surface area (TPSA) is 54.5 Å². The van der Waals surface area contributed by atoms with Gasteiger partial charge in [0.05, 0.1) is 6.61 Å². The smallest absolute Gasteiger partial charge is 0.251 e. The second-order valence-electron chi connectivity index (χ2n) is 6.44. The van der Waals surface area contributed by atoms with Crippen molar-refractivity contribution in [3.05, 3.63) is 59.3 Å². The first-order chi connectivity index (χ1) is 12.5. The molecule has 1 aromatic heterocycles. The number of rotatable bonds is 9. The van der Waals surface area contributed by atoms with Gasteiger partial charge < -0.3 is 10.1 Å². The third-order valence-electron chi connectivity index (χ3n) is 4.31. The predicted octanol–water partition coefficient (Wildman–Crippen LogP) is 3.64. The maximum absolute atomic E-state index is 12.4. The zero-order valence-electron chi connectivity index (χ0n) is 16.2. The van der Waals surface area contributed by atoms with Gasteiger partial charge in [0.15, 0.2) is 0 Å². The molecule has 0 fully saturated rings. The fourth-order valence-electron chi connectivity index (χ4n) is 2.76. The SMILES string of the molecule is CCOc1ncccc1CNC(=O)c1ccc(CN(CC)C(C)C)cc1. The third kappa shape index (κ3) is 5.56. The molecular weight excluding hydrogens is 326 g/mol. The minimum Gasteiger partial charge on any atom is -0.478 e. The first-order valence-electron chi connectivity index (χ1n) is 9.23. The molecule has 1 aromatic carbocycles. The summed E-state index contributed by atoms with van der Waals surface area (Å²) in [5, 5.41) is 2.93. The molecular formula is C21H29N3O2. The van der Waals surface area contributed by atoms with E-state index in [-0.39, 0.29) is 5.91 Å². The van der Waals surface area contributed by atoms with Crippen LogP contribution in [0.2, 0.25) is 0 Å². The van der Waals surface area contributed by atoms with E-state index >= 15 is 0 Å². The number of aromatic nitrogens is 1. The number of hydrogen-bond donors (Lipinski definition) is 1. The van der Waals surface area contributed by atoms with Crippen LogP contribution in [-0.2, 0) is 13.1 Å². The van der Waals surface area contributed by atoms with Crippen LogP contribution in [0.4, 0.5) is 0 Å². The molecule has 0 aliphatic carbocycles. The highest BCUT2D eigenvalue weighted by atomic mass is 16.5. The maximum Gasteiger partial charge on any atom is 0.251 e. The van der Waals surface area contributed by atoms with Gasteiger partial charge in [0.1, 0.15) is 0 Å². The Morgan fingerprint density at radius 1 is 1.19 bits per heavy atom. The second kappa shape index (κ2) is 9.92. The van der Waals surface area contributed by atoms with E-state index in [1.165, 1.54) is 5.56 Å². The summed E-state index contributed by atoms with van der Waals surface area (Å²) < 4.78 is 5.49. The summed E-state index contributed by atoms with van der Waals surface area (Å²) in [6, 6.07) is 12.1. The molecule has 0 spiro atoms. The van der Waals surface area contributed by atoms with E-state index in [1.54, 1.807) is 6.20 Å². The molecule has 2 rings (SSSR count). The molecule has 0 saturated heterocycles. The van der Waals surface area contributed by atoms with Gasteiger partial charge in [-0.25, -0.2) is 4.98 Å². The normalized spacial score (nSPS) is 11.0. The highest BCUT2D eigenvalue weighted by molar-refractivity contribution is 5.94. The van der Waals surface area contributed by atoms with Gasteiger partial charge in [0.2, 0.25) is 5.88 Å². The molecule has 0 aliphatic rings. The molecule has 0 aliphatic heterocycles. The zero-order valence-corrected chi connectivity index (χ0v) is 16.2. The van der Waals surface area contributed by atoms with Gasteiger partial charge >= 0.3 is 0 Å². The van der Waals surface area contributed by atoms with Crippen molar-refractivity contribution in [3.8, 4) is 5.88 Å². The molecule has 5 nitrogen and oxygen atoms in total. The van der Waals surface area contributed by atoms with E-state index in [0.29, 0.717) is 30.6 Å². The van der Waals surface area contributed by atoms with Crippen LogP contribution in [0.15, 0.2) is 42.6 Å². The van der Waals surface area contributed by atoms with Crippen molar-refractivity contribution in [2.75, 3.05) is 13.2 Å². The number of benzene rings is 1. The number of amides is 1. The van der Waals surface area contributed by atoms with Crippen molar-refractivity contribution in [2.24, 2.45) is 0 Å². The molecule has 140 valence electrons. The molecule has 1 N–H and O–H groups in total. The van der Waals surface area contributed by atoms with Gasteiger partial charge in [-0.3, -0.25) is 9.69 Å². The summed E-state index contributed by atoms with van der Waals surface area (Å²) in [5.74, 6) is 0.470. The van der Waals surface area contributed by atoms with Crippen molar-refractivity contribution in [1.82, 2.24) is 15.2 Å². The van der Waals surface area contributed by atoms with Crippen LogP contribution in [0, 0.1) is 0 Å². The Kier molecular flexibility index (Phi) is 7.60. The summed E-state index contributed by atoms with van der Waals surface area (Å²) in [4.78, 5) is 19.0. The van der Waals surface area contributed by atoms with Crippen LogP contribution in [0.1, 0.15) is 49.2 Å². The molecule has 1 heterocycles. The van der Waals surface area contributed by atoms with E-state index in [2.05, 4.69) is 36.0 Å². The van der Waals surface area contributed by atoms with E-state index in [4.69, 9.17) is 4.74 Å². The largest absolute Gasteiger partial charge is 0.478 e. The van der Waals surface area contributed by atoms with E-state index in [9.17, 15) is 4.79 Å². The molecule has 0 saturated carbocycles. The minimum absolute atomic E-state index is 0.0981. The van der Waals surface area contributed by atoms with Crippen LogP contribution in [0.25, 0.3) is 0 Å². The molecule has 5 heteroatoms. The van der Waals surface area contributed by atoms with Crippen LogP contribution in [0.3, 0.4) is 0 Å². The fraction of sp³-hybridized carbons (Fsp3) is 0.429. The summed E-state index contributed by atoms with van der Waals surface area (Å²) in [7, 11) is 0. The average Bonchev–Trinajstić information content (AvgIpc) is 2.65. The Morgan fingerprint density at radius 3 is 2.54 bits per heavy atom. The van der Waals surface area contributed by atoms with Crippen molar-refractivity contribution >= 4 is 5.91 Å². The molecule has 0 radical (unpaired) electrons. The zero-order chi connectivity index (χ0) is 18.9. The maximum atomic E-state index is 12.4. The first-order valence-corrected chi connectivity index (χ1v) is 9.23. The average molecular weight is 355 g/mol. The number of carbonyl (C=O) groups excluding carboxylic acids is 1. The lowest BCUT2D eigenvalue weighted by Gasteiger charge is -2.24. The summed E-state index contributed by atoms with van der Waals surface area (Å²) >= 11 is 0. The standard InChI is InChI=1S/C21H29N3O2/c1-5-24(16(3)4)15-17-9-11-18(12-10-17)20(25)23-14-19-8-7-13-22-21(19)26-6-2/h7-13,16H,5-6,14-15H2,1-4H3,(H,23,25). The van der Waals surface area contributed by atoms with Crippen LogP contribution >= 0.6 is 0 Å². The Balaban J connectivity index is 1.96. The molecule has 26 heavy (non-hydrogen) atoms. The van der Waals surface area contributed by atoms with Gasteiger partial charge in [0.25, 0.3) is 5.91 Å². The summed E-state index contributed by atoms with van der Waals surface area (Å²) in [6.45, 7) is 11.3. The minimum atomic E-state index is -0.0981. The number of pyridine rings is 1. The monoisotopic (exact) mass is 355 g/mol. The number of nitrogens with one attached hydrogen (secondary N) is 1. The summed E-state index contributed by atoms with van der Waals surface area (Å²) in [5.41, 5.74) is 2.74. The molecule has 2 aromatic rings. The Labute approximate surface area is 156 Å². The molecule has 1 amide bonds. The van der Waals surface area contributed by atoms with E-state index < -0.39 is 0 Å². The number of hydrogen-bond acceptors (Lipinski definition) is 4. The molecule has 0 bridgehead atoms. The highest BCUT2D eigenvalue weighted by Crippen LogP contribution is 2.14. The lowest BCUT2D eigenvalue weighted by atomic mass is 10.1. The quantitative estimate of drug-likeness (QED) is 0.746. The Morgan fingerprint density at radius 2 is 1.92 bits per heavy atom. The van der Waals surface area contributed by atoms with Gasteiger partial charge in [-0.15, -0.1) is 0 Å². The number of carbonyl (C=O) groups is 1. The summed E-state index contributed by atoms with van der Waals surface area (Å²) in [6.07, 6.45) is 1.69. The van der Waals surface area contributed by atoms with Crippen molar-refractivity contribution < 1.29 is 9.53 Å². The lowest BCUT2D eigenvalue weighted by Crippen LogP contribution is -2.30. The fourth-order valence-corrected chi connectivity index (χ4v) is 2.76. The number of ether oxygens (including phenoxy) is 1.